The molecule has 0 bridgehead atoms. The number of hydrogen-bond donors (Lipinski definition) is 1. The van der Waals surface area contributed by atoms with E-state index in [1.807, 2.05) is 0 Å². The van der Waals surface area contributed by atoms with E-state index < -0.39 is 17.9 Å². The van der Waals surface area contributed by atoms with Gasteiger partial charge in [0.1, 0.15) is 11.5 Å². The lowest BCUT2D eigenvalue weighted by Crippen LogP contribution is -2.17. The van der Waals surface area contributed by atoms with Crippen LogP contribution in [0.15, 0.2) is 54.6 Å². The molecule has 0 aromatic heterocycles. The Bertz CT molecular complexity index is 706. The van der Waals surface area contributed by atoms with E-state index in [-0.39, 0.29) is 16.9 Å². The Morgan fingerprint density at radius 1 is 1.09 bits per heavy atom. The van der Waals surface area contributed by atoms with Gasteiger partial charge in [-0.25, -0.2) is 0 Å². The molecule has 3 nitrogen and oxygen atoms in total. The molecule has 2 aromatic rings. The number of para-hydroxylation sites is 1. The van der Waals surface area contributed by atoms with Gasteiger partial charge in [-0.2, -0.15) is 0 Å². The molecule has 0 aliphatic rings. The standard InChI is InChI=1S/C16H11F3O3/c17-16(18,19)22-15-7-2-1-4-11(15)8-9-14(21)12-5-3-6-13(20)10-12/h1-10,20H/b9-8+. The highest BCUT2D eigenvalue weighted by atomic mass is 19.4. The van der Waals surface area contributed by atoms with Crippen molar-refractivity contribution in [3.63, 3.8) is 0 Å². The van der Waals surface area contributed by atoms with Crippen LogP contribution in [-0.2, 0) is 0 Å². The first-order valence-electron chi connectivity index (χ1n) is 6.21. The molecule has 0 saturated heterocycles. The van der Waals surface area contributed by atoms with Crippen LogP contribution in [0, 0.1) is 0 Å². The van der Waals surface area contributed by atoms with Gasteiger partial charge in [-0.3, -0.25) is 4.79 Å². The Labute approximate surface area is 124 Å². The van der Waals surface area contributed by atoms with Gasteiger partial charge in [-0.05, 0) is 30.4 Å². The summed E-state index contributed by atoms with van der Waals surface area (Å²) in [5.74, 6) is -0.910. The van der Waals surface area contributed by atoms with Crippen LogP contribution in [0.5, 0.6) is 11.5 Å². The minimum atomic E-state index is -4.81. The second-order valence-corrected chi connectivity index (χ2v) is 4.33. The number of hydrogen-bond acceptors (Lipinski definition) is 3. The summed E-state index contributed by atoms with van der Waals surface area (Å²) in [6.45, 7) is 0. The largest absolute Gasteiger partial charge is 0.573 e. The summed E-state index contributed by atoms with van der Waals surface area (Å²) in [6, 6.07) is 11.1. The second-order valence-electron chi connectivity index (χ2n) is 4.33. The summed E-state index contributed by atoms with van der Waals surface area (Å²) >= 11 is 0. The third-order valence-corrected chi connectivity index (χ3v) is 2.69. The van der Waals surface area contributed by atoms with Crippen LogP contribution in [0.1, 0.15) is 15.9 Å². The molecule has 0 spiro atoms. The van der Waals surface area contributed by atoms with Gasteiger partial charge in [0.15, 0.2) is 5.78 Å². The maximum atomic E-state index is 12.3. The van der Waals surface area contributed by atoms with Crippen molar-refractivity contribution in [2.75, 3.05) is 0 Å². The van der Waals surface area contributed by atoms with Crippen molar-refractivity contribution in [3.8, 4) is 11.5 Å². The maximum Gasteiger partial charge on any atom is 0.573 e. The summed E-state index contributed by atoms with van der Waals surface area (Å²) in [6.07, 6.45) is -2.46. The fourth-order valence-electron chi connectivity index (χ4n) is 1.76. The van der Waals surface area contributed by atoms with Crippen molar-refractivity contribution in [1.29, 1.82) is 0 Å². The molecular formula is C16H11F3O3. The van der Waals surface area contributed by atoms with Crippen molar-refractivity contribution in [3.05, 3.63) is 65.7 Å². The molecule has 6 heteroatoms. The highest BCUT2D eigenvalue weighted by Crippen LogP contribution is 2.27. The summed E-state index contributed by atoms with van der Waals surface area (Å²) < 4.78 is 40.8. The Morgan fingerprint density at radius 2 is 1.82 bits per heavy atom. The van der Waals surface area contributed by atoms with E-state index in [2.05, 4.69) is 4.74 Å². The van der Waals surface area contributed by atoms with Gasteiger partial charge in [-0.15, -0.1) is 13.2 Å². The van der Waals surface area contributed by atoms with E-state index in [0.717, 1.165) is 12.1 Å². The minimum absolute atomic E-state index is 0.0694. The zero-order valence-corrected chi connectivity index (χ0v) is 11.2. The molecule has 1 N–H and O–H groups in total. The summed E-state index contributed by atoms with van der Waals surface area (Å²) in [4.78, 5) is 11.9. The van der Waals surface area contributed by atoms with Crippen LogP contribution >= 0.6 is 0 Å². The summed E-state index contributed by atoms with van der Waals surface area (Å²) in [7, 11) is 0. The fraction of sp³-hybridized carbons (Fsp3) is 0.0625. The quantitative estimate of drug-likeness (QED) is 0.680. The normalized spacial score (nSPS) is 11.6. The number of aromatic hydroxyl groups is 1. The van der Waals surface area contributed by atoms with Crippen molar-refractivity contribution in [2.24, 2.45) is 0 Å². The van der Waals surface area contributed by atoms with Gasteiger partial charge >= 0.3 is 6.36 Å². The topological polar surface area (TPSA) is 46.5 Å². The average Bonchev–Trinajstić information content (AvgIpc) is 2.44. The number of alkyl halides is 3. The molecule has 2 aromatic carbocycles. The Hall–Kier alpha value is -2.76. The summed E-state index contributed by atoms with van der Waals surface area (Å²) in [5.41, 5.74) is 0.346. The van der Waals surface area contributed by atoms with Crippen LogP contribution in [0.4, 0.5) is 13.2 Å². The molecular weight excluding hydrogens is 297 g/mol. The number of ketones is 1. The first kappa shape index (κ1) is 15.6. The third kappa shape index (κ3) is 4.37. The number of halogens is 3. The molecule has 0 heterocycles. The molecule has 0 atom stereocenters. The lowest BCUT2D eigenvalue weighted by molar-refractivity contribution is -0.274. The van der Waals surface area contributed by atoms with Gasteiger partial charge < -0.3 is 9.84 Å². The second kappa shape index (κ2) is 6.34. The number of phenolic OH excluding ortho intramolecular Hbond substituents is 1. The monoisotopic (exact) mass is 308 g/mol. The number of allylic oxidation sites excluding steroid dienone is 1. The maximum absolute atomic E-state index is 12.3. The number of benzene rings is 2. The van der Waals surface area contributed by atoms with Crippen LogP contribution in [0.2, 0.25) is 0 Å². The first-order valence-corrected chi connectivity index (χ1v) is 6.21. The van der Waals surface area contributed by atoms with Crippen molar-refractivity contribution >= 4 is 11.9 Å². The van der Waals surface area contributed by atoms with Gasteiger partial charge in [0.2, 0.25) is 0 Å². The van der Waals surface area contributed by atoms with Gasteiger partial charge in [0.25, 0.3) is 0 Å². The molecule has 0 aliphatic heterocycles. The predicted molar refractivity (Wildman–Crippen MR) is 74.6 cm³/mol. The van der Waals surface area contributed by atoms with Crippen LogP contribution in [0.3, 0.4) is 0 Å². The van der Waals surface area contributed by atoms with Crippen LogP contribution in [0.25, 0.3) is 6.08 Å². The number of ether oxygens (including phenoxy) is 1. The van der Waals surface area contributed by atoms with E-state index in [4.69, 9.17) is 0 Å². The lowest BCUT2D eigenvalue weighted by atomic mass is 10.1. The van der Waals surface area contributed by atoms with Crippen molar-refractivity contribution < 1.29 is 27.8 Å². The molecule has 0 amide bonds. The number of carbonyl (C=O) groups is 1. The minimum Gasteiger partial charge on any atom is -0.508 e. The van der Waals surface area contributed by atoms with Crippen LogP contribution < -0.4 is 4.74 Å². The highest BCUT2D eigenvalue weighted by molar-refractivity contribution is 6.07. The van der Waals surface area contributed by atoms with Gasteiger partial charge in [0, 0.05) is 11.1 Å². The molecule has 0 fully saturated rings. The van der Waals surface area contributed by atoms with E-state index in [9.17, 15) is 23.1 Å². The number of rotatable bonds is 4. The predicted octanol–water partition coefficient (Wildman–Crippen LogP) is 4.19. The molecule has 2 rings (SSSR count). The van der Waals surface area contributed by atoms with E-state index in [0.29, 0.717) is 0 Å². The Morgan fingerprint density at radius 3 is 2.50 bits per heavy atom. The van der Waals surface area contributed by atoms with Gasteiger partial charge in [0.05, 0.1) is 0 Å². The molecule has 22 heavy (non-hydrogen) atoms. The smallest absolute Gasteiger partial charge is 0.508 e. The Balaban J connectivity index is 2.21. The molecule has 0 radical (unpaired) electrons. The Kier molecular flexibility index (Phi) is 4.50. The van der Waals surface area contributed by atoms with E-state index in [1.54, 1.807) is 0 Å². The van der Waals surface area contributed by atoms with Crippen LogP contribution in [-0.4, -0.2) is 17.3 Å². The van der Waals surface area contributed by atoms with Gasteiger partial charge in [-0.1, -0.05) is 30.3 Å². The fourth-order valence-corrected chi connectivity index (χ4v) is 1.76. The number of phenols is 1. The molecule has 114 valence electrons. The van der Waals surface area contributed by atoms with Crippen molar-refractivity contribution in [1.82, 2.24) is 0 Å². The zero-order chi connectivity index (χ0) is 16.2. The molecule has 0 aliphatic carbocycles. The van der Waals surface area contributed by atoms with E-state index >= 15 is 0 Å². The average molecular weight is 308 g/mol. The third-order valence-electron chi connectivity index (χ3n) is 2.69. The zero-order valence-electron chi connectivity index (χ0n) is 11.2. The first-order chi connectivity index (χ1) is 10.3. The SMILES string of the molecule is O=C(/C=C/c1ccccc1OC(F)(F)F)c1cccc(O)c1. The van der Waals surface area contributed by atoms with E-state index in [1.165, 1.54) is 48.5 Å². The summed E-state index contributed by atoms with van der Waals surface area (Å²) in [5, 5.41) is 9.30. The lowest BCUT2D eigenvalue weighted by Gasteiger charge is -2.10. The number of carbonyl (C=O) groups excluding carboxylic acids is 1. The highest BCUT2D eigenvalue weighted by Gasteiger charge is 2.31. The molecule has 0 unspecified atom stereocenters. The molecule has 0 saturated carbocycles. The van der Waals surface area contributed by atoms with Crippen molar-refractivity contribution in [2.45, 2.75) is 6.36 Å².